The average molecular weight is 374 g/mol. The van der Waals surface area contributed by atoms with Gasteiger partial charge in [-0.15, -0.1) is 0 Å². The van der Waals surface area contributed by atoms with Crippen molar-refractivity contribution < 1.29 is 9.53 Å². The number of likely N-dealkylation sites (tertiary alicyclic amines) is 2. The summed E-state index contributed by atoms with van der Waals surface area (Å²) in [6.45, 7) is 8.89. The maximum absolute atomic E-state index is 12.1. The molecule has 4 heterocycles. The lowest BCUT2D eigenvalue weighted by Crippen LogP contribution is -2.51. The number of anilines is 1. The van der Waals surface area contributed by atoms with E-state index in [-0.39, 0.29) is 5.60 Å². The summed E-state index contributed by atoms with van der Waals surface area (Å²) in [6, 6.07) is 0.294. The van der Waals surface area contributed by atoms with Crippen LogP contribution in [-0.4, -0.2) is 64.5 Å². The number of carbonyl (C=O) groups excluding carboxylic acids is 1. The van der Waals surface area contributed by atoms with Gasteiger partial charge in [-0.25, -0.2) is 9.97 Å². The molecule has 4 rings (SSSR count). The van der Waals surface area contributed by atoms with E-state index in [1.54, 1.807) is 0 Å². The molecule has 0 saturated carbocycles. The van der Waals surface area contributed by atoms with Gasteiger partial charge in [-0.3, -0.25) is 4.79 Å². The van der Waals surface area contributed by atoms with Crippen LogP contribution in [0.5, 0.6) is 0 Å². The Morgan fingerprint density at radius 1 is 1.33 bits per heavy atom. The molecule has 2 N–H and O–H groups in total. The predicted octanol–water partition coefficient (Wildman–Crippen LogP) is 1.57. The number of piperidine rings is 2. The Balaban J connectivity index is 1.39. The van der Waals surface area contributed by atoms with Crippen LogP contribution in [0.1, 0.15) is 50.8 Å². The van der Waals surface area contributed by atoms with Crippen molar-refractivity contribution in [3.8, 4) is 0 Å². The Bertz CT molecular complexity index is 700. The van der Waals surface area contributed by atoms with E-state index in [0.29, 0.717) is 30.2 Å². The number of hydrogen-bond donors (Lipinski definition) is 1. The van der Waals surface area contributed by atoms with Crippen molar-refractivity contribution in [2.75, 3.05) is 38.5 Å². The van der Waals surface area contributed by atoms with E-state index >= 15 is 0 Å². The number of fused-ring (bicyclic) bond motifs is 2. The van der Waals surface area contributed by atoms with E-state index in [1.165, 1.54) is 5.56 Å². The molecule has 1 amide bonds. The highest BCUT2D eigenvalue weighted by atomic mass is 16.5. The van der Waals surface area contributed by atoms with Gasteiger partial charge in [0.15, 0.2) is 0 Å². The van der Waals surface area contributed by atoms with Crippen LogP contribution in [0, 0.1) is 5.92 Å². The van der Waals surface area contributed by atoms with Crippen LogP contribution in [0.25, 0.3) is 0 Å². The van der Waals surface area contributed by atoms with Gasteiger partial charge in [0.25, 0.3) is 0 Å². The third kappa shape index (κ3) is 3.67. The molecule has 1 spiro atoms. The average Bonchev–Trinajstić information content (AvgIpc) is 2.66. The predicted molar refractivity (Wildman–Crippen MR) is 103 cm³/mol. The van der Waals surface area contributed by atoms with Crippen molar-refractivity contribution in [1.29, 1.82) is 0 Å². The summed E-state index contributed by atoms with van der Waals surface area (Å²) in [4.78, 5) is 25.4. The van der Waals surface area contributed by atoms with Crippen LogP contribution in [0.3, 0.4) is 0 Å². The Labute approximate surface area is 161 Å². The Kier molecular flexibility index (Phi) is 5.07. The number of nitrogens with zero attached hydrogens (tertiary/aromatic N) is 4. The Morgan fingerprint density at radius 2 is 2.11 bits per heavy atom. The topological polar surface area (TPSA) is 84.6 Å². The minimum Gasteiger partial charge on any atom is -0.368 e. The fraction of sp³-hybridized carbons (Fsp3) is 0.750. The van der Waals surface area contributed by atoms with E-state index < -0.39 is 0 Å². The first-order chi connectivity index (χ1) is 13.0. The number of aromatic nitrogens is 2. The van der Waals surface area contributed by atoms with Crippen LogP contribution < -0.4 is 5.73 Å². The number of nitrogens with two attached hydrogens (primary N) is 1. The van der Waals surface area contributed by atoms with Crippen molar-refractivity contribution >= 4 is 11.9 Å². The van der Waals surface area contributed by atoms with Gasteiger partial charge >= 0.3 is 0 Å². The lowest BCUT2D eigenvalue weighted by Gasteiger charge is -2.45. The quantitative estimate of drug-likeness (QED) is 0.866. The van der Waals surface area contributed by atoms with Crippen LogP contribution in [-0.2, 0) is 21.6 Å². The largest absolute Gasteiger partial charge is 0.368 e. The summed E-state index contributed by atoms with van der Waals surface area (Å²) in [5.41, 5.74) is 7.75. The summed E-state index contributed by atoms with van der Waals surface area (Å²) in [6.07, 6.45) is 6.31. The smallest absolute Gasteiger partial charge is 0.222 e. The van der Waals surface area contributed by atoms with Crippen molar-refractivity contribution in [3.05, 3.63) is 17.5 Å². The summed E-state index contributed by atoms with van der Waals surface area (Å²) >= 11 is 0. The van der Waals surface area contributed by atoms with E-state index in [0.717, 1.165) is 64.2 Å². The second kappa shape index (κ2) is 7.36. The molecule has 2 fully saturated rings. The van der Waals surface area contributed by atoms with E-state index in [1.807, 2.05) is 11.1 Å². The highest BCUT2D eigenvalue weighted by Gasteiger charge is 2.43. The highest BCUT2D eigenvalue weighted by Crippen LogP contribution is 2.40. The fourth-order valence-electron chi connectivity index (χ4n) is 4.86. The van der Waals surface area contributed by atoms with Crippen molar-refractivity contribution in [2.45, 2.75) is 57.6 Å². The third-order valence-electron chi connectivity index (χ3n) is 6.41. The standard InChI is InChI=1S/C20H31N5O2/c1-14(2)25-13-15(3-4-17(25)26)12-24-8-6-20(7-9-24)18-16(5-10-27-20)11-22-19(21)23-18/h11,14-15H,3-10,12-13H2,1-2H3,(H2,21,22,23). The third-order valence-corrected chi connectivity index (χ3v) is 6.41. The molecule has 1 aromatic heterocycles. The first-order valence-electron chi connectivity index (χ1n) is 10.2. The van der Waals surface area contributed by atoms with Gasteiger partial charge in [0.2, 0.25) is 11.9 Å². The molecule has 27 heavy (non-hydrogen) atoms. The number of nitrogen functional groups attached to an aromatic ring is 1. The van der Waals surface area contributed by atoms with Crippen LogP contribution in [0.4, 0.5) is 5.95 Å². The molecule has 7 heteroatoms. The molecule has 2 saturated heterocycles. The van der Waals surface area contributed by atoms with Gasteiger partial charge < -0.3 is 20.3 Å². The first kappa shape index (κ1) is 18.6. The highest BCUT2D eigenvalue weighted by molar-refractivity contribution is 5.77. The van der Waals surface area contributed by atoms with Gasteiger partial charge in [0.05, 0.1) is 12.3 Å². The lowest BCUT2D eigenvalue weighted by atomic mass is 9.83. The molecule has 0 aromatic carbocycles. The number of amides is 1. The molecule has 1 atom stereocenters. The molecule has 3 aliphatic rings. The molecule has 1 aromatic rings. The monoisotopic (exact) mass is 373 g/mol. The summed E-state index contributed by atoms with van der Waals surface area (Å²) in [7, 11) is 0. The zero-order chi connectivity index (χ0) is 19.0. The zero-order valence-electron chi connectivity index (χ0n) is 16.5. The second-order valence-corrected chi connectivity index (χ2v) is 8.54. The molecule has 0 radical (unpaired) electrons. The van der Waals surface area contributed by atoms with Gasteiger partial charge in [-0.05, 0) is 51.0 Å². The number of rotatable bonds is 3. The minimum absolute atomic E-state index is 0.294. The molecule has 7 nitrogen and oxygen atoms in total. The van der Waals surface area contributed by atoms with E-state index in [9.17, 15) is 4.79 Å². The molecule has 1 unspecified atom stereocenters. The van der Waals surface area contributed by atoms with Crippen molar-refractivity contribution in [3.63, 3.8) is 0 Å². The molecule has 0 aliphatic carbocycles. The number of ether oxygens (including phenoxy) is 1. The van der Waals surface area contributed by atoms with Crippen molar-refractivity contribution in [1.82, 2.24) is 19.8 Å². The van der Waals surface area contributed by atoms with Gasteiger partial charge in [-0.2, -0.15) is 0 Å². The molecule has 0 bridgehead atoms. The Morgan fingerprint density at radius 3 is 2.85 bits per heavy atom. The number of carbonyl (C=O) groups is 1. The van der Waals surface area contributed by atoms with E-state index in [4.69, 9.17) is 10.5 Å². The fourth-order valence-corrected chi connectivity index (χ4v) is 4.86. The number of hydrogen-bond acceptors (Lipinski definition) is 6. The molecular weight excluding hydrogens is 342 g/mol. The maximum Gasteiger partial charge on any atom is 0.222 e. The summed E-state index contributed by atoms with van der Waals surface area (Å²) in [5.74, 6) is 1.21. The first-order valence-corrected chi connectivity index (χ1v) is 10.2. The Hall–Kier alpha value is -1.73. The lowest BCUT2D eigenvalue weighted by molar-refractivity contribution is -0.137. The van der Waals surface area contributed by atoms with Crippen LogP contribution in [0.2, 0.25) is 0 Å². The van der Waals surface area contributed by atoms with Gasteiger partial charge in [0, 0.05) is 44.8 Å². The van der Waals surface area contributed by atoms with Crippen molar-refractivity contribution in [2.24, 2.45) is 5.92 Å². The van der Waals surface area contributed by atoms with Gasteiger partial charge in [0.1, 0.15) is 5.60 Å². The minimum atomic E-state index is -0.298. The van der Waals surface area contributed by atoms with E-state index in [2.05, 4.69) is 28.7 Å². The second-order valence-electron chi connectivity index (χ2n) is 8.54. The zero-order valence-corrected chi connectivity index (χ0v) is 16.5. The van der Waals surface area contributed by atoms with Crippen LogP contribution >= 0.6 is 0 Å². The summed E-state index contributed by atoms with van der Waals surface area (Å²) in [5, 5.41) is 0. The van der Waals surface area contributed by atoms with Crippen LogP contribution in [0.15, 0.2) is 6.20 Å². The summed E-state index contributed by atoms with van der Waals surface area (Å²) < 4.78 is 6.26. The van der Waals surface area contributed by atoms with Gasteiger partial charge in [-0.1, -0.05) is 0 Å². The molecule has 148 valence electrons. The normalized spacial score (nSPS) is 25.8. The maximum atomic E-state index is 12.1. The SMILES string of the molecule is CC(C)N1CC(CN2CCC3(CC2)OCCc2cnc(N)nc23)CCC1=O. The molecular formula is C20H31N5O2. The molecule has 3 aliphatic heterocycles.